The van der Waals surface area contributed by atoms with E-state index < -0.39 is 0 Å². The Balaban J connectivity index is 1.41. The van der Waals surface area contributed by atoms with E-state index in [1.54, 1.807) is 23.5 Å². The molecule has 3 rings (SSSR count). The molecule has 0 saturated heterocycles. The minimum Gasteiger partial charge on any atom is -0.508 e. The van der Waals surface area contributed by atoms with E-state index in [4.69, 9.17) is 0 Å². The van der Waals surface area contributed by atoms with E-state index in [2.05, 4.69) is 10.3 Å². The molecule has 2 aromatic rings. The van der Waals surface area contributed by atoms with Gasteiger partial charge in [-0.2, -0.15) is 0 Å². The second-order valence-electron chi connectivity index (χ2n) is 5.91. The summed E-state index contributed by atoms with van der Waals surface area (Å²) in [5, 5.41) is 13.8. The molecule has 1 aromatic heterocycles. The number of fused-ring (bicyclic) bond motifs is 1. The van der Waals surface area contributed by atoms with Gasteiger partial charge in [-0.3, -0.25) is 4.79 Å². The minimum atomic E-state index is 0.0228. The summed E-state index contributed by atoms with van der Waals surface area (Å²) in [7, 11) is 0. The Morgan fingerprint density at radius 3 is 2.87 bits per heavy atom. The molecule has 0 fully saturated rings. The molecule has 1 heterocycles. The van der Waals surface area contributed by atoms with E-state index in [0.717, 1.165) is 23.4 Å². The molecule has 23 heavy (non-hydrogen) atoms. The van der Waals surface area contributed by atoms with Crippen molar-refractivity contribution in [2.45, 2.75) is 44.9 Å². The number of thiazole rings is 1. The van der Waals surface area contributed by atoms with Crippen molar-refractivity contribution in [1.29, 1.82) is 0 Å². The Bertz CT molecular complexity index is 658. The lowest BCUT2D eigenvalue weighted by Crippen LogP contribution is -2.25. The van der Waals surface area contributed by atoms with Crippen LogP contribution >= 0.6 is 11.3 Å². The lowest BCUT2D eigenvalue weighted by molar-refractivity contribution is -0.121. The highest BCUT2D eigenvalue weighted by molar-refractivity contribution is 7.11. The molecule has 0 aliphatic heterocycles. The number of rotatable bonds is 6. The highest BCUT2D eigenvalue weighted by Gasteiger charge is 2.14. The Kier molecular flexibility index (Phi) is 5.28. The summed E-state index contributed by atoms with van der Waals surface area (Å²) in [5.41, 5.74) is 2.09. The minimum absolute atomic E-state index is 0.0228. The fraction of sp³-hybridized carbons (Fsp3) is 0.444. The van der Waals surface area contributed by atoms with E-state index >= 15 is 0 Å². The number of phenolic OH excluding ortho intramolecular Hbond substituents is 1. The van der Waals surface area contributed by atoms with Gasteiger partial charge in [-0.05, 0) is 43.7 Å². The first kappa shape index (κ1) is 16.0. The molecule has 0 radical (unpaired) electrons. The summed E-state index contributed by atoms with van der Waals surface area (Å²) in [5.74, 6) is 0.281. The van der Waals surface area contributed by atoms with Gasteiger partial charge in [-0.15, -0.1) is 11.3 Å². The van der Waals surface area contributed by atoms with Crippen molar-refractivity contribution in [2.75, 3.05) is 6.54 Å². The zero-order chi connectivity index (χ0) is 16.1. The Morgan fingerprint density at radius 1 is 1.22 bits per heavy atom. The third-order valence-electron chi connectivity index (χ3n) is 4.16. The van der Waals surface area contributed by atoms with Crippen molar-refractivity contribution in [3.63, 3.8) is 0 Å². The molecule has 1 aromatic carbocycles. The van der Waals surface area contributed by atoms with Crippen LogP contribution < -0.4 is 5.32 Å². The third-order valence-corrected chi connectivity index (χ3v) is 5.38. The number of nitrogens with one attached hydrogen (secondary N) is 1. The zero-order valence-corrected chi connectivity index (χ0v) is 14.0. The van der Waals surface area contributed by atoms with E-state index in [1.165, 1.54) is 29.8 Å². The van der Waals surface area contributed by atoms with Crippen molar-refractivity contribution < 1.29 is 9.90 Å². The standard InChI is InChI=1S/C18H22N2O2S/c21-15-7-3-1-5-13(15)9-10-17(22)19-12-11-18-20-14-6-2-4-8-16(14)23-18/h1,3,5,7,21H,2,4,6,8-12H2,(H,19,22). The van der Waals surface area contributed by atoms with Crippen molar-refractivity contribution in [3.8, 4) is 5.75 Å². The molecule has 0 saturated carbocycles. The third kappa shape index (κ3) is 4.32. The van der Waals surface area contributed by atoms with Crippen LogP contribution in [0.5, 0.6) is 5.75 Å². The maximum Gasteiger partial charge on any atom is 0.220 e. The van der Waals surface area contributed by atoms with Gasteiger partial charge in [0.2, 0.25) is 5.91 Å². The van der Waals surface area contributed by atoms with Crippen LogP contribution in [0.25, 0.3) is 0 Å². The van der Waals surface area contributed by atoms with Gasteiger partial charge in [0, 0.05) is 24.3 Å². The normalized spacial score (nSPS) is 13.6. The van der Waals surface area contributed by atoms with Gasteiger partial charge in [0.25, 0.3) is 0 Å². The van der Waals surface area contributed by atoms with E-state index in [1.807, 2.05) is 12.1 Å². The Labute approximate surface area is 140 Å². The summed E-state index contributed by atoms with van der Waals surface area (Å²) in [6, 6.07) is 7.16. The Morgan fingerprint density at radius 2 is 2.04 bits per heavy atom. The van der Waals surface area contributed by atoms with Crippen molar-refractivity contribution in [3.05, 3.63) is 45.4 Å². The smallest absolute Gasteiger partial charge is 0.220 e. The van der Waals surface area contributed by atoms with Gasteiger partial charge in [0.15, 0.2) is 0 Å². The highest BCUT2D eigenvalue weighted by atomic mass is 32.1. The number of aryl methyl sites for hydroxylation is 3. The molecular weight excluding hydrogens is 308 g/mol. The van der Waals surface area contributed by atoms with Crippen LogP contribution in [0.3, 0.4) is 0 Å². The average Bonchev–Trinajstić information content (AvgIpc) is 2.97. The summed E-state index contributed by atoms with van der Waals surface area (Å²) in [6.45, 7) is 0.631. The van der Waals surface area contributed by atoms with E-state index in [-0.39, 0.29) is 11.7 Å². The number of carbonyl (C=O) groups is 1. The first-order valence-corrected chi connectivity index (χ1v) is 9.05. The second kappa shape index (κ2) is 7.59. The van der Waals surface area contributed by atoms with Crippen LogP contribution in [-0.4, -0.2) is 22.5 Å². The monoisotopic (exact) mass is 330 g/mol. The van der Waals surface area contributed by atoms with Crippen LogP contribution in [0.15, 0.2) is 24.3 Å². The average molecular weight is 330 g/mol. The molecule has 122 valence electrons. The fourth-order valence-electron chi connectivity index (χ4n) is 2.88. The lowest BCUT2D eigenvalue weighted by Gasteiger charge is -2.06. The molecule has 0 unspecified atom stereocenters. The van der Waals surface area contributed by atoms with E-state index in [0.29, 0.717) is 19.4 Å². The first-order valence-electron chi connectivity index (χ1n) is 8.23. The SMILES string of the molecule is O=C(CCc1ccccc1O)NCCc1nc2c(s1)CCCC2. The van der Waals surface area contributed by atoms with Gasteiger partial charge < -0.3 is 10.4 Å². The van der Waals surface area contributed by atoms with Gasteiger partial charge in [0.1, 0.15) is 5.75 Å². The number of hydrogen-bond donors (Lipinski definition) is 2. The van der Waals surface area contributed by atoms with Gasteiger partial charge in [-0.1, -0.05) is 18.2 Å². The molecule has 4 nitrogen and oxygen atoms in total. The largest absolute Gasteiger partial charge is 0.508 e. The van der Waals surface area contributed by atoms with Crippen LogP contribution in [-0.2, 0) is 30.5 Å². The number of carbonyl (C=O) groups excluding carboxylic acids is 1. The molecule has 5 heteroatoms. The number of aromatic nitrogens is 1. The fourth-order valence-corrected chi connectivity index (χ4v) is 4.04. The van der Waals surface area contributed by atoms with Crippen LogP contribution in [0.2, 0.25) is 0 Å². The Hall–Kier alpha value is -1.88. The highest BCUT2D eigenvalue weighted by Crippen LogP contribution is 2.26. The number of aromatic hydroxyl groups is 1. The molecule has 2 N–H and O–H groups in total. The molecular formula is C18H22N2O2S. The quantitative estimate of drug-likeness (QED) is 0.856. The maximum atomic E-state index is 11.9. The predicted molar refractivity (Wildman–Crippen MR) is 91.9 cm³/mol. The van der Waals surface area contributed by atoms with Crippen molar-refractivity contribution >= 4 is 17.2 Å². The maximum absolute atomic E-state index is 11.9. The molecule has 0 atom stereocenters. The van der Waals surface area contributed by atoms with Gasteiger partial charge in [-0.25, -0.2) is 4.98 Å². The van der Waals surface area contributed by atoms with Crippen LogP contribution in [0.1, 0.15) is 40.4 Å². The summed E-state index contributed by atoms with van der Waals surface area (Å²) >= 11 is 1.80. The molecule has 0 bridgehead atoms. The number of para-hydroxylation sites is 1. The zero-order valence-electron chi connectivity index (χ0n) is 13.2. The second-order valence-corrected chi connectivity index (χ2v) is 7.08. The van der Waals surface area contributed by atoms with Crippen LogP contribution in [0, 0.1) is 0 Å². The van der Waals surface area contributed by atoms with Crippen LogP contribution in [0.4, 0.5) is 0 Å². The summed E-state index contributed by atoms with van der Waals surface area (Å²) in [6.07, 6.45) is 6.56. The number of benzene rings is 1. The van der Waals surface area contributed by atoms with Gasteiger partial charge >= 0.3 is 0 Å². The summed E-state index contributed by atoms with van der Waals surface area (Å²) in [4.78, 5) is 18.0. The molecule has 1 aliphatic rings. The topological polar surface area (TPSA) is 62.2 Å². The molecule has 1 amide bonds. The van der Waals surface area contributed by atoms with E-state index in [9.17, 15) is 9.90 Å². The van der Waals surface area contributed by atoms with Gasteiger partial charge in [0.05, 0.1) is 10.7 Å². The number of phenols is 1. The molecule has 1 aliphatic carbocycles. The number of nitrogens with zero attached hydrogens (tertiary/aromatic N) is 1. The number of hydrogen-bond acceptors (Lipinski definition) is 4. The number of amides is 1. The van der Waals surface area contributed by atoms with Crippen molar-refractivity contribution in [1.82, 2.24) is 10.3 Å². The molecule has 0 spiro atoms. The van der Waals surface area contributed by atoms with Crippen molar-refractivity contribution in [2.24, 2.45) is 0 Å². The first-order chi connectivity index (χ1) is 11.2. The predicted octanol–water partition coefficient (Wildman–Crippen LogP) is 3.02. The lowest BCUT2D eigenvalue weighted by atomic mass is 10.0. The summed E-state index contributed by atoms with van der Waals surface area (Å²) < 4.78 is 0.